The van der Waals surface area contributed by atoms with Crippen molar-refractivity contribution >= 4 is 27.5 Å². The third-order valence-electron chi connectivity index (χ3n) is 5.24. The van der Waals surface area contributed by atoms with Crippen molar-refractivity contribution in [2.24, 2.45) is 0 Å². The van der Waals surface area contributed by atoms with E-state index >= 15 is 0 Å². The molecule has 0 aliphatic heterocycles. The fourth-order valence-corrected chi connectivity index (χ4v) is 4.20. The molecule has 174 valence electrons. The molecule has 9 heteroatoms. The van der Waals surface area contributed by atoms with Gasteiger partial charge in [0.05, 0.1) is 19.1 Å². The molecule has 0 heterocycles. The van der Waals surface area contributed by atoms with Gasteiger partial charge in [0.15, 0.2) is 0 Å². The molecule has 2 rings (SSSR count). The number of aryl methyl sites for hydroxylation is 2. The van der Waals surface area contributed by atoms with E-state index in [0.29, 0.717) is 11.4 Å². The van der Waals surface area contributed by atoms with Gasteiger partial charge < -0.3 is 15.0 Å². The third-order valence-corrected chi connectivity index (χ3v) is 6.36. The predicted molar refractivity (Wildman–Crippen MR) is 125 cm³/mol. The normalized spacial score (nSPS) is 12.1. The van der Waals surface area contributed by atoms with Crippen LogP contribution in [0, 0.1) is 13.8 Å². The molecule has 8 nitrogen and oxygen atoms in total. The van der Waals surface area contributed by atoms with E-state index in [-0.39, 0.29) is 12.5 Å². The van der Waals surface area contributed by atoms with Crippen LogP contribution in [-0.4, -0.2) is 58.1 Å². The SMILES string of the molecule is CNC(=O)[C@@H](C)N(Cc1ccc(OC)cc1)C(=O)CN(c1cc(C)ccc1C)S(C)(=O)=O. The van der Waals surface area contributed by atoms with Crippen LogP contribution in [0.25, 0.3) is 0 Å². The number of nitrogens with zero attached hydrogens (tertiary/aromatic N) is 2. The summed E-state index contributed by atoms with van der Waals surface area (Å²) in [5, 5.41) is 2.55. The third kappa shape index (κ3) is 6.23. The summed E-state index contributed by atoms with van der Waals surface area (Å²) < 4.78 is 31.5. The van der Waals surface area contributed by atoms with Gasteiger partial charge >= 0.3 is 0 Å². The lowest BCUT2D eigenvalue weighted by Crippen LogP contribution is -2.50. The molecule has 0 spiro atoms. The fraction of sp³-hybridized carbons (Fsp3) is 0.391. The predicted octanol–water partition coefficient (Wildman–Crippen LogP) is 2.24. The van der Waals surface area contributed by atoms with E-state index in [1.807, 2.05) is 19.1 Å². The van der Waals surface area contributed by atoms with Crippen molar-refractivity contribution in [3.63, 3.8) is 0 Å². The van der Waals surface area contributed by atoms with Crippen molar-refractivity contribution in [3.8, 4) is 5.75 Å². The summed E-state index contributed by atoms with van der Waals surface area (Å²) >= 11 is 0. The van der Waals surface area contributed by atoms with E-state index in [9.17, 15) is 18.0 Å². The molecule has 1 atom stereocenters. The minimum atomic E-state index is -3.75. The van der Waals surface area contributed by atoms with Gasteiger partial charge in [-0.25, -0.2) is 8.42 Å². The van der Waals surface area contributed by atoms with Crippen LogP contribution in [0.1, 0.15) is 23.6 Å². The molecule has 0 fully saturated rings. The number of likely N-dealkylation sites (N-methyl/N-ethyl adjacent to an activating group) is 1. The van der Waals surface area contributed by atoms with Crippen molar-refractivity contribution < 1.29 is 22.7 Å². The molecular weight excluding hydrogens is 430 g/mol. The number of hydrogen-bond donors (Lipinski definition) is 1. The van der Waals surface area contributed by atoms with Crippen molar-refractivity contribution in [3.05, 3.63) is 59.2 Å². The van der Waals surface area contributed by atoms with Gasteiger partial charge in [-0.2, -0.15) is 0 Å². The number of hydrogen-bond acceptors (Lipinski definition) is 5. The van der Waals surface area contributed by atoms with Gasteiger partial charge in [-0.3, -0.25) is 13.9 Å². The summed E-state index contributed by atoms with van der Waals surface area (Å²) in [6, 6.07) is 11.8. The quantitative estimate of drug-likeness (QED) is 0.618. The van der Waals surface area contributed by atoms with E-state index in [2.05, 4.69) is 5.32 Å². The van der Waals surface area contributed by atoms with Crippen molar-refractivity contribution in [1.29, 1.82) is 0 Å². The first-order chi connectivity index (χ1) is 15.0. The molecule has 2 aromatic carbocycles. The second kappa shape index (κ2) is 10.5. The Morgan fingerprint density at radius 1 is 1.09 bits per heavy atom. The van der Waals surface area contributed by atoms with Crippen LogP contribution in [0.3, 0.4) is 0 Å². The molecule has 0 bridgehead atoms. The molecule has 0 radical (unpaired) electrons. The minimum Gasteiger partial charge on any atom is -0.497 e. The van der Waals surface area contributed by atoms with Gasteiger partial charge in [0.2, 0.25) is 21.8 Å². The summed E-state index contributed by atoms with van der Waals surface area (Å²) in [5.74, 6) is -0.156. The first-order valence-corrected chi connectivity index (χ1v) is 12.0. The fourth-order valence-electron chi connectivity index (χ4n) is 3.30. The Hall–Kier alpha value is -3.07. The number of amides is 2. The van der Waals surface area contributed by atoms with Gasteiger partial charge in [0.25, 0.3) is 0 Å². The number of nitrogens with one attached hydrogen (secondary N) is 1. The Kier molecular flexibility index (Phi) is 8.26. The van der Waals surface area contributed by atoms with Gasteiger partial charge in [-0.15, -0.1) is 0 Å². The number of sulfonamides is 1. The van der Waals surface area contributed by atoms with Crippen LogP contribution in [0.15, 0.2) is 42.5 Å². The van der Waals surface area contributed by atoms with Crippen molar-refractivity contribution in [2.75, 3.05) is 31.3 Å². The van der Waals surface area contributed by atoms with E-state index in [4.69, 9.17) is 4.74 Å². The van der Waals surface area contributed by atoms with E-state index in [1.54, 1.807) is 51.3 Å². The smallest absolute Gasteiger partial charge is 0.244 e. The van der Waals surface area contributed by atoms with Gasteiger partial charge in [0.1, 0.15) is 18.3 Å². The Morgan fingerprint density at radius 2 is 1.72 bits per heavy atom. The number of carbonyl (C=O) groups is 2. The Bertz CT molecular complexity index is 1070. The Balaban J connectivity index is 2.41. The maximum atomic E-state index is 13.4. The molecular formula is C23H31N3O5S. The van der Waals surface area contributed by atoms with Crippen molar-refractivity contribution in [1.82, 2.24) is 10.2 Å². The second-order valence-corrected chi connectivity index (χ2v) is 9.63. The highest BCUT2D eigenvalue weighted by molar-refractivity contribution is 7.92. The Morgan fingerprint density at radius 3 is 2.25 bits per heavy atom. The number of rotatable bonds is 9. The molecule has 0 saturated carbocycles. The monoisotopic (exact) mass is 461 g/mol. The summed E-state index contributed by atoms with van der Waals surface area (Å²) in [6.07, 6.45) is 1.07. The van der Waals surface area contributed by atoms with Crippen LogP contribution in [0.4, 0.5) is 5.69 Å². The Labute approximate surface area is 190 Å². The molecule has 0 aliphatic rings. The average Bonchev–Trinajstić information content (AvgIpc) is 2.76. The number of carbonyl (C=O) groups excluding carboxylic acids is 2. The lowest BCUT2D eigenvalue weighted by atomic mass is 10.1. The maximum Gasteiger partial charge on any atom is 0.244 e. The zero-order chi connectivity index (χ0) is 24.1. The molecule has 0 saturated heterocycles. The highest BCUT2D eigenvalue weighted by Crippen LogP contribution is 2.24. The molecule has 1 N–H and O–H groups in total. The van der Waals surface area contributed by atoms with Crippen molar-refractivity contribution in [2.45, 2.75) is 33.4 Å². The zero-order valence-electron chi connectivity index (χ0n) is 19.4. The van der Waals surface area contributed by atoms with Crippen LogP contribution in [-0.2, 0) is 26.2 Å². The zero-order valence-corrected chi connectivity index (χ0v) is 20.2. The van der Waals surface area contributed by atoms with Crippen LogP contribution >= 0.6 is 0 Å². The van der Waals surface area contributed by atoms with Gasteiger partial charge in [-0.1, -0.05) is 24.3 Å². The van der Waals surface area contributed by atoms with E-state index in [0.717, 1.165) is 27.3 Å². The molecule has 32 heavy (non-hydrogen) atoms. The number of ether oxygens (including phenoxy) is 1. The summed E-state index contributed by atoms with van der Waals surface area (Å²) in [4.78, 5) is 27.1. The molecule has 2 aromatic rings. The highest BCUT2D eigenvalue weighted by Gasteiger charge is 2.30. The molecule has 0 aromatic heterocycles. The van der Waals surface area contributed by atoms with E-state index < -0.39 is 28.5 Å². The topological polar surface area (TPSA) is 96.0 Å². The standard InChI is InChI=1S/C23H31N3O5S/c1-16-7-8-17(2)21(13-16)26(32(6,29)30)15-22(27)25(18(3)23(28)24-4)14-19-9-11-20(31-5)12-10-19/h7-13,18H,14-15H2,1-6H3,(H,24,28)/t18-/m1/s1. The number of anilines is 1. The molecule has 2 amide bonds. The second-order valence-electron chi connectivity index (χ2n) is 7.72. The first-order valence-electron chi connectivity index (χ1n) is 10.2. The van der Waals surface area contributed by atoms with Crippen LogP contribution < -0.4 is 14.4 Å². The van der Waals surface area contributed by atoms with Crippen LogP contribution in [0.5, 0.6) is 5.75 Å². The average molecular weight is 462 g/mol. The lowest BCUT2D eigenvalue weighted by Gasteiger charge is -2.31. The van der Waals surface area contributed by atoms with Crippen LogP contribution in [0.2, 0.25) is 0 Å². The van der Waals surface area contributed by atoms with Gasteiger partial charge in [-0.05, 0) is 55.7 Å². The minimum absolute atomic E-state index is 0.141. The highest BCUT2D eigenvalue weighted by atomic mass is 32.2. The van der Waals surface area contributed by atoms with E-state index in [1.165, 1.54) is 11.9 Å². The molecule has 0 aliphatic carbocycles. The largest absolute Gasteiger partial charge is 0.497 e. The number of benzene rings is 2. The maximum absolute atomic E-state index is 13.4. The summed E-state index contributed by atoms with van der Waals surface area (Å²) in [6.45, 7) is 4.99. The van der Waals surface area contributed by atoms with Gasteiger partial charge in [0, 0.05) is 13.6 Å². The summed E-state index contributed by atoms with van der Waals surface area (Å²) in [5.41, 5.74) is 2.83. The molecule has 0 unspecified atom stereocenters. The first kappa shape index (κ1) is 25.2. The summed E-state index contributed by atoms with van der Waals surface area (Å²) in [7, 11) is -0.696. The number of methoxy groups -OCH3 is 1. The lowest BCUT2D eigenvalue weighted by molar-refractivity contribution is -0.139.